The zero-order valence-electron chi connectivity index (χ0n) is 11.7. The molecule has 2 aromatic rings. The zero-order valence-corrected chi connectivity index (χ0v) is 12.5. The Hall–Kier alpha value is -2.08. The molecule has 0 unspecified atom stereocenters. The number of benzene rings is 1. The largest absolute Gasteiger partial charge is 0.328 e. The summed E-state index contributed by atoms with van der Waals surface area (Å²) < 4.78 is 26.9. The Morgan fingerprint density at radius 3 is 2.71 bits per heavy atom. The normalized spacial score (nSPS) is 14.8. The van der Waals surface area contributed by atoms with Gasteiger partial charge in [-0.1, -0.05) is 17.7 Å². The summed E-state index contributed by atoms with van der Waals surface area (Å²) in [5.74, 6) is 0. The van der Waals surface area contributed by atoms with Gasteiger partial charge in [-0.25, -0.2) is 8.42 Å². The fourth-order valence-electron chi connectivity index (χ4n) is 2.63. The fraction of sp³-hybridized carbons (Fsp3) is 0.267. The molecule has 0 amide bonds. The van der Waals surface area contributed by atoms with Crippen molar-refractivity contribution in [2.24, 2.45) is 0 Å². The minimum Gasteiger partial charge on any atom is -0.328 e. The van der Waals surface area contributed by atoms with Crippen LogP contribution in [0.2, 0.25) is 0 Å². The van der Waals surface area contributed by atoms with E-state index in [1.807, 2.05) is 25.1 Å². The first-order valence-corrected chi connectivity index (χ1v) is 8.23. The Bertz CT molecular complexity index is 820. The van der Waals surface area contributed by atoms with E-state index in [1.165, 1.54) is 22.6 Å². The number of H-pyrrole nitrogens is 1. The number of anilines is 1. The Morgan fingerprint density at radius 1 is 1.19 bits per heavy atom. The number of sulfonamides is 1. The van der Waals surface area contributed by atoms with Crippen LogP contribution in [0.15, 0.2) is 46.2 Å². The van der Waals surface area contributed by atoms with Crippen LogP contribution in [0.4, 0.5) is 5.69 Å². The lowest BCUT2D eigenvalue weighted by Gasteiger charge is -2.30. The molecule has 1 aliphatic rings. The topological polar surface area (TPSA) is 70.2 Å². The smallest absolute Gasteiger partial charge is 0.265 e. The van der Waals surface area contributed by atoms with E-state index in [9.17, 15) is 13.2 Å². The average molecular weight is 304 g/mol. The van der Waals surface area contributed by atoms with E-state index < -0.39 is 10.0 Å². The van der Waals surface area contributed by atoms with Crippen LogP contribution in [-0.2, 0) is 16.4 Å². The monoisotopic (exact) mass is 304 g/mol. The summed E-state index contributed by atoms with van der Waals surface area (Å²) in [5.41, 5.74) is 2.59. The fourth-order valence-corrected chi connectivity index (χ4v) is 4.13. The van der Waals surface area contributed by atoms with Crippen molar-refractivity contribution in [3.63, 3.8) is 0 Å². The van der Waals surface area contributed by atoms with Crippen molar-refractivity contribution >= 4 is 15.7 Å². The van der Waals surface area contributed by atoms with Crippen molar-refractivity contribution < 1.29 is 8.42 Å². The van der Waals surface area contributed by atoms with Gasteiger partial charge in [-0.3, -0.25) is 9.10 Å². The number of hydrogen-bond donors (Lipinski definition) is 1. The van der Waals surface area contributed by atoms with Crippen LogP contribution in [0.5, 0.6) is 0 Å². The van der Waals surface area contributed by atoms with Gasteiger partial charge < -0.3 is 4.98 Å². The molecule has 3 rings (SSSR count). The highest BCUT2D eigenvalue weighted by Gasteiger charge is 2.29. The van der Waals surface area contributed by atoms with Gasteiger partial charge in [0.15, 0.2) is 0 Å². The summed E-state index contributed by atoms with van der Waals surface area (Å²) in [7, 11) is -3.64. The van der Waals surface area contributed by atoms with Crippen molar-refractivity contribution in [1.29, 1.82) is 0 Å². The SMILES string of the molecule is Cc1ccc2c(c1)CCCN2S(=O)(=O)c1ccc(=O)[nH]c1. The first-order valence-electron chi connectivity index (χ1n) is 6.79. The summed E-state index contributed by atoms with van der Waals surface area (Å²) in [6.07, 6.45) is 2.92. The number of pyridine rings is 1. The number of hydrogen-bond acceptors (Lipinski definition) is 3. The second kappa shape index (κ2) is 5.04. The Balaban J connectivity index is 2.09. The molecular formula is C15H16N2O3S. The van der Waals surface area contributed by atoms with Crippen LogP contribution >= 0.6 is 0 Å². The molecule has 1 N–H and O–H groups in total. The van der Waals surface area contributed by atoms with E-state index in [2.05, 4.69) is 4.98 Å². The van der Waals surface area contributed by atoms with Crippen molar-refractivity contribution in [1.82, 2.24) is 4.98 Å². The predicted molar refractivity (Wildman–Crippen MR) is 81.1 cm³/mol. The minimum atomic E-state index is -3.64. The highest BCUT2D eigenvalue weighted by atomic mass is 32.2. The van der Waals surface area contributed by atoms with E-state index in [1.54, 1.807) is 0 Å². The third-order valence-corrected chi connectivity index (χ3v) is 5.46. The second-order valence-electron chi connectivity index (χ2n) is 5.20. The summed E-state index contributed by atoms with van der Waals surface area (Å²) in [4.78, 5) is 13.6. The molecule has 21 heavy (non-hydrogen) atoms. The predicted octanol–water partition coefficient (Wildman–Crippen LogP) is 1.82. The number of nitrogens with zero attached hydrogens (tertiary/aromatic N) is 1. The van der Waals surface area contributed by atoms with Gasteiger partial charge in [0.05, 0.1) is 5.69 Å². The van der Waals surface area contributed by atoms with E-state index in [0.29, 0.717) is 6.54 Å². The minimum absolute atomic E-state index is 0.107. The molecule has 6 heteroatoms. The van der Waals surface area contributed by atoms with Crippen LogP contribution in [-0.4, -0.2) is 19.9 Å². The molecule has 1 aromatic heterocycles. The highest BCUT2D eigenvalue weighted by Crippen LogP contribution is 2.32. The summed E-state index contributed by atoms with van der Waals surface area (Å²) >= 11 is 0. The van der Waals surface area contributed by atoms with Gasteiger partial charge >= 0.3 is 0 Å². The van der Waals surface area contributed by atoms with Crippen LogP contribution < -0.4 is 9.86 Å². The molecular weight excluding hydrogens is 288 g/mol. The lowest BCUT2D eigenvalue weighted by Crippen LogP contribution is -2.35. The maximum absolute atomic E-state index is 12.8. The van der Waals surface area contributed by atoms with E-state index in [-0.39, 0.29) is 10.5 Å². The van der Waals surface area contributed by atoms with Gasteiger partial charge in [0.25, 0.3) is 10.0 Å². The molecule has 0 bridgehead atoms. The zero-order chi connectivity index (χ0) is 15.0. The molecule has 0 radical (unpaired) electrons. The number of rotatable bonds is 2. The van der Waals surface area contributed by atoms with Gasteiger partial charge in [-0.2, -0.15) is 0 Å². The third-order valence-electron chi connectivity index (χ3n) is 3.65. The van der Waals surface area contributed by atoms with Gasteiger partial charge in [0, 0.05) is 18.8 Å². The molecule has 0 spiro atoms. The van der Waals surface area contributed by atoms with Crippen molar-refractivity contribution in [3.05, 3.63) is 58.0 Å². The van der Waals surface area contributed by atoms with E-state index in [4.69, 9.17) is 0 Å². The Kier molecular flexibility index (Phi) is 3.33. The molecule has 1 aliphatic heterocycles. The first-order chi connectivity index (χ1) is 9.98. The molecule has 5 nitrogen and oxygen atoms in total. The standard InChI is InChI=1S/C15H16N2O3S/c1-11-4-6-14-12(9-11)3-2-8-17(14)21(19,20)13-5-7-15(18)16-10-13/h4-7,9-10H,2-3,8H2,1H3,(H,16,18). The average Bonchev–Trinajstić information content (AvgIpc) is 2.46. The molecule has 0 fully saturated rings. The Labute approximate surface area is 123 Å². The van der Waals surface area contributed by atoms with Gasteiger partial charge in [-0.15, -0.1) is 0 Å². The summed E-state index contributed by atoms with van der Waals surface area (Å²) in [6, 6.07) is 8.37. The van der Waals surface area contributed by atoms with Crippen LogP contribution in [0.3, 0.4) is 0 Å². The maximum Gasteiger partial charge on any atom is 0.265 e. The van der Waals surface area contributed by atoms with E-state index in [0.717, 1.165) is 29.7 Å². The lowest BCUT2D eigenvalue weighted by atomic mass is 10.0. The number of aromatic nitrogens is 1. The summed E-state index contributed by atoms with van der Waals surface area (Å²) in [6.45, 7) is 2.45. The molecule has 0 saturated carbocycles. The Morgan fingerprint density at radius 2 is 2.00 bits per heavy atom. The molecule has 0 aliphatic carbocycles. The number of aromatic amines is 1. The van der Waals surface area contributed by atoms with Gasteiger partial charge in [0.2, 0.25) is 5.56 Å². The number of fused-ring (bicyclic) bond motifs is 1. The van der Waals surface area contributed by atoms with E-state index >= 15 is 0 Å². The highest BCUT2D eigenvalue weighted by molar-refractivity contribution is 7.92. The molecule has 1 aromatic carbocycles. The number of aryl methyl sites for hydroxylation is 2. The van der Waals surface area contributed by atoms with Crippen molar-refractivity contribution in [2.75, 3.05) is 10.8 Å². The summed E-state index contributed by atoms with van der Waals surface area (Å²) in [5, 5.41) is 0. The van der Waals surface area contributed by atoms with Gasteiger partial charge in [0.1, 0.15) is 4.90 Å². The molecule has 0 atom stereocenters. The number of nitrogens with one attached hydrogen (secondary N) is 1. The molecule has 110 valence electrons. The molecule has 0 saturated heterocycles. The van der Waals surface area contributed by atoms with Crippen LogP contribution in [0.1, 0.15) is 17.5 Å². The lowest BCUT2D eigenvalue weighted by molar-refractivity contribution is 0.586. The quantitative estimate of drug-likeness (QED) is 0.920. The van der Waals surface area contributed by atoms with Crippen LogP contribution in [0, 0.1) is 6.92 Å². The molecule has 2 heterocycles. The second-order valence-corrected chi connectivity index (χ2v) is 7.06. The van der Waals surface area contributed by atoms with Gasteiger partial charge in [-0.05, 0) is 37.5 Å². The van der Waals surface area contributed by atoms with Crippen molar-refractivity contribution in [2.45, 2.75) is 24.7 Å². The first kappa shape index (κ1) is 13.9. The van der Waals surface area contributed by atoms with Crippen molar-refractivity contribution in [3.8, 4) is 0 Å². The third kappa shape index (κ3) is 2.47. The van der Waals surface area contributed by atoms with Crippen LogP contribution in [0.25, 0.3) is 0 Å². The maximum atomic E-state index is 12.8.